The summed E-state index contributed by atoms with van der Waals surface area (Å²) in [7, 11) is 2.17. The monoisotopic (exact) mass is 166 g/mol. The highest BCUT2D eigenvalue weighted by atomic mass is 15.1. The highest BCUT2D eigenvalue weighted by molar-refractivity contribution is 4.99. The van der Waals surface area contributed by atoms with Gasteiger partial charge in [-0.1, -0.05) is 0 Å². The first-order valence-electron chi connectivity index (χ1n) is 4.57. The normalized spacial score (nSPS) is 17.2. The average Bonchev–Trinajstić information content (AvgIpc) is 2.63. The summed E-state index contributed by atoms with van der Waals surface area (Å²) in [6.45, 7) is 4.67. The van der Waals surface area contributed by atoms with Crippen LogP contribution in [-0.4, -0.2) is 30.0 Å². The van der Waals surface area contributed by atoms with Gasteiger partial charge in [-0.05, 0) is 52.0 Å². The predicted octanol–water partition coefficient (Wildman–Crippen LogP) is 2.04. The van der Waals surface area contributed by atoms with E-state index in [9.17, 15) is 0 Å². The Hall–Kier alpha value is -0.760. The van der Waals surface area contributed by atoms with Crippen LogP contribution in [0.1, 0.15) is 18.5 Å². The maximum Gasteiger partial charge on any atom is 0.0115 e. The molecule has 0 amide bonds. The highest BCUT2D eigenvalue weighted by Gasteiger charge is 2.03. The number of nitrogens with one attached hydrogen (secondary N) is 1. The molecular formula is C10H18N2. The van der Waals surface area contributed by atoms with Crippen LogP contribution in [0.3, 0.4) is 0 Å². The number of likely N-dealkylation sites (tertiary alicyclic amines) is 1. The molecule has 1 aromatic rings. The summed E-state index contributed by atoms with van der Waals surface area (Å²) < 4.78 is 0. The van der Waals surface area contributed by atoms with E-state index in [-0.39, 0.29) is 0 Å². The van der Waals surface area contributed by atoms with Crippen molar-refractivity contribution < 1.29 is 0 Å². The van der Waals surface area contributed by atoms with Crippen LogP contribution in [0.25, 0.3) is 0 Å². The Balaban J connectivity index is 0.000000120. The molecule has 1 aliphatic heterocycles. The number of nitrogens with zero attached hydrogens (tertiary/aromatic N) is 1. The van der Waals surface area contributed by atoms with Gasteiger partial charge in [0.2, 0.25) is 0 Å². The largest absolute Gasteiger partial charge is 0.365 e. The fraction of sp³-hybridized carbons (Fsp3) is 0.600. The molecule has 1 fully saturated rings. The van der Waals surface area contributed by atoms with Crippen molar-refractivity contribution in [2.24, 2.45) is 0 Å². The van der Waals surface area contributed by atoms with E-state index in [4.69, 9.17) is 0 Å². The minimum absolute atomic E-state index is 1.22. The van der Waals surface area contributed by atoms with E-state index < -0.39 is 0 Å². The van der Waals surface area contributed by atoms with Gasteiger partial charge >= 0.3 is 0 Å². The number of H-pyrrole nitrogens is 1. The lowest BCUT2D eigenvalue weighted by atomic mass is 10.4. The molecule has 68 valence electrons. The number of rotatable bonds is 0. The van der Waals surface area contributed by atoms with E-state index in [0.717, 1.165) is 0 Å². The zero-order chi connectivity index (χ0) is 8.81. The molecule has 0 bridgehead atoms. The summed E-state index contributed by atoms with van der Waals surface area (Å²) in [5.74, 6) is 0. The van der Waals surface area contributed by atoms with Gasteiger partial charge in [-0.3, -0.25) is 0 Å². The van der Waals surface area contributed by atoms with Gasteiger partial charge < -0.3 is 9.88 Å². The van der Waals surface area contributed by atoms with Crippen molar-refractivity contribution >= 4 is 0 Å². The lowest BCUT2D eigenvalue weighted by Crippen LogP contribution is -2.10. The Morgan fingerprint density at radius 1 is 1.33 bits per heavy atom. The van der Waals surface area contributed by atoms with E-state index in [1.807, 2.05) is 25.3 Å². The summed E-state index contributed by atoms with van der Waals surface area (Å²) in [5.41, 5.74) is 1.22. The maximum absolute atomic E-state index is 3.00. The third kappa shape index (κ3) is 3.58. The minimum Gasteiger partial charge on any atom is -0.365 e. The molecule has 0 unspecified atom stereocenters. The molecular weight excluding hydrogens is 148 g/mol. The van der Waals surface area contributed by atoms with E-state index in [1.54, 1.807) is 0 Å². The molecule has 0 spiro atoms. The summed E-state index contributed by atoms with van der Waals surface area (Å²) in [6, 6.07) is 4.01. The quantitative estimate of drug-likeness (QED) is 0.625. The van der Waals surface area contributed by atoms with E-state index in [1.165, 1.54) is 31.6 Å². The van der Waals surface area contributed by atoms with Crippen molar-refractivity contribution in [2.45, 2.75) is 19.8 Å². The van der Waals surface area contributed by atoms with Crippen molar-refractivity contribution in [1.82, 2.24) is 9.88 Å². The molecule has 0 radical (unpaired) electrons. The van der Waals surface area contributed by atoms with Gasteiger partial charge in [0.15, 0.2) is 0 Å². The molecule has 0 atom stereocenters. The lowest BCUT2D eigenvalue weighted by Gasteiger charge is -2.01. The van der Waals surface area contributed by atoms with Crippen molar-refractivity contribution in [2.75, 3.05) is 20.1 Å². The molecule has 0 aromatic carbocycles. The average molecular weight is 166 g/mol. The summed E-state index contributed by atoms with van der Waals surface area (Å²) in [6.07, 6.45) is 4.74. The molecule has 2 heteroatoms. The summed E-state index contributed by atoms with van der Waals surface area (Å²) in [4.78, 5) is 5.36. The topological polar surface area (TPSA) is 19.0 Å². The van der Waals surface area contributed by atoms with Gasteiger partial charge in [0.25, 0.3) is 0 Å². The summed E-state index contributed by atoms with van der Waals surface area (Å²) >= 11 is 0. The lowest BCUT2D eigenvalue weighted by molar-refractivity contribution is 0.418. The van der Waals surface area contributed by atoms with Crippen LogP contribution >= 0.6 is 0 Å². The van der Waals surface area contributed by atoms with Gasteiger partial charge in [-0.2, -0.15) is 0 Å². The zero-order valence-electron chi connectivity index (χ0n) is 8.01. The Morgan fingerprint density at radius 3 is 2.17 bits per heavy atom. The van der Waals surface area contributed by atoms with Crippen molar-refractivity contribution in [3.63, 3.8) is 0 Å². The summed E-state index contributed by atoms with van der Waals surface area (Å²) in [5, 5.41) is 0. The van der Waals surface area contributed by atoms with Crippen molar-refractivity contribution in [1.29, 1.82) is 0 Å². The first kappa shape index (κ1) is 9.33. The third-order valence-corrected chi connectivity index (χ3v) is 2.08. The smallest absolute Gasteiger partial charge is 0.0115 e. The van der Waals surface area contributed by atoms with E-state index >= 15 is 0 Å². The van der Waals surface area contributed by atoms with Crippen molar-refractivity contribution in [3.8, 4) is 0 Å². The molecule has 2 rings (SSSR count). The molecule has 1 saturated heterocycles. The van der Waals surface area contributed by atoms with Crippen molar-refractivity contribution in [3.05, 3.63) is 24.0 Å². The zero-order valence-corrected chi connectivity index (χ0v) is 8.01. The second-order valence-electron chi connectivity index (χ2n) is 3.36. The Labute approximate surface area is 74.6 Å². The first-order valence-corrected chi connectivity index (χ1v) is 4.57. The van der Waals surface area contributed by atoms with Crippen LogP contribution in [-0.2, 0) is 0 Å². The predicted molar refractivity (Wildman–Crippen MR) is 52.3 cm³/mol. The van der Waals surface area contributed by atoms with Gasteiger partial charge in [0, 0.05) is 11.9 Å². The highest BCUT2D eigenvalue weighted by Crippen LogP contribution is 2.02. The third-order valence-electron chi connectivity index (χ3n) is 2.08. The maximum atomic E-state index is 3.00. The molecule has 0 saturated carbocycles. The molecule has 1 aliphatic rings. The van der Waals surface area contributed by atoms with Gasteiger partial charge in [-0.15, -0.1) is 0 Å². The fourth-order valence-corrected chi connectivity index (χ4v) is 1.30. The molecule has 1 aromatic heterocycles. The molecule has 0 aliphatic carbocycles. The Kier molecular flexibility index (Phi) is 3.88. The number of aromatic amines is 1. The number of aryl methyl sites for hydroxylation is 1. The Bertz CT molecular complexity index is 186. The van der Waals surface area contributed by atoms with Crippen LogP contribution in [0.15, 0.2) is 18.3 Å². The second kappa shape index (κ2) is 4.99. The number of aromatic nitrogens is 1. The Morgan fingerprint density at radius 2 is 2.00 bits per heavy atom. The number of hydrogen-bond acceptors (Lipinski definition) is 1. The molecule has 1 N–H and O–H groups in total. The first-order chi connectivity index (χ1) is 5.79. The van der Waals surface area contributed by atoms with Crippen LogP contribution in [0.2, 0.25) is 0 Å². The van der Waals surface area contributed by atoms with Gasteiger partial charge in [0.1, 0.15) is 0 Å². The molecule has 2 heterocycles. The molecule has 12 heavy (non-hydrogen) atoms. The van der Waals surface area contributed by atoms with Gasteiger partial charge in [0.05, 0.1) is 0 Å². The van der Waals surface area contributed by atoms with Crippen LogP contribution in [0.5, 0.6) is 0 Å². The van der Waals surface area contributed by atoms with E-state index in [0.29, 0.717) is 0 Å². The minimum atomic E-state index is 1.22. The van der Waals surface area contributed by atoms with Gasteiger partial charge in [-0.25, -0.2) is 0 Å². The SMILES string of the molecule is CN1CCCC1.Cc1ccc[nH]1. The van der Waals surface area contributed by atoms with Crippen LogP contribution in [0, 0.1) is 6.92 Å². The van der Waals surface area contributed by atoms with Crippen LogP contribution in [0.4, 0.5) is 0 Å². The van der Waals surface area contributed by atoms with Crippen LogP contribution < -0.4 is 0 Å². The van der Waals surface area contributed by atoms with E-state index in [2.05, 4.69) is 16.9 Å². The second-order valence-corrected chi connectivity index (χ2v) is 3.36. The molecule has 2 nitrogen and oxygen atoms in total. The standard InChI is InChI=1S/C5H11N.C5H7N/c1-6-4-2-3-5-6;1-5-3-2-4-6-5/h2-5H2,1H3;2-4,6H,1H3. The fourth-order valence-electron chi connectivity index (χ4n) is 1.30. The number of hydrogen-bond donors (Lipinski definition) is 1.